The molecule has 0 amide bonds. The fourth-order valence-electron chi connectivity index (χ4n) is 7.40. The van der Waals surface area contributed by atoms with Crippen LogP contribution in [0.25, 0.3) is 55.5 Å². The molecule has 0 fully saturated rings. The number of anilines is 3. The molecule has 6 aromatic carbocycles. The average molecular weight is 755 g/mol. The molecule has 8 aromatic rings. The standard InChI is InChI=1S/C45H43N7.2ClH/c1-28-20-38-42(51(33-15-9-5-10-16-33)43-25-35(46)29(2)21-39(43)49-38)24-32(28)14-8-7-13-19-48-37-27-45-41(23-31(37)4)50-40-22-30(3)36(47)26-44(40)52(45)34-17-11-6-12-18-34;;/h5-6,9-12,15-18,20-27,46H,7-8,13-14,19H2,1-4H3,(H2,47,48);2*1H. The molecule has 0 spiro atoms. The highest BCUT2D eigenvalue weighted by atomic mass is 35.5. The first-order valence-electron chi connectivity index (χ1n) is 18.2. The van der Waals surface area contributed by atoms with Crippen molar-refractivity contribution in [3.63, 3.8) is 0 Å². The van der Waals surface area contributed by atoms with Crippen LogP contribution in [0.5, 0.6) is 0 Å². The highest BCUT2D eigenvalue weighted by molar-refractivity contribution is 5.88. The van der Waals surface area contributed by atoms with Gasteiger partial charge in [0.1, 0.15) is 22.1 Å². The van der Waals surface area contributed by atoms with Gasteiger partial charge < -0.3 is 41.6 Å². The lowest BCUT2D eigenvalue weighted by Crippen LogP contribution is -3.00. The Bertz CT molecular complexity index is 2460. The monoisotopic (exact) mass is 753 g/mol. The number of halogens is 2. The second-order valence-electron chi connectivity index (χ2n) is 14.1. The number of unbranched alkanes of at least 4 members (excludes halogenated alkanes) is 2. The Labute approximate surface area is 328 Å². The van der Waals surface area contributed by atoms with E-state index in [1.807, 2.05) is 26.0 Å². The summed E-state index contributed by atoms with van der Waals surface area (Å²) in [6.07, 6.45) is 4.31. The van der Waals surface area contributed by atoms with Crippen LogP contribution in [0, 0.1) is 27.7 Å². The summed E-state index contributed by atoms with van der Waals surface area (Å²) in [5, 5.41) is 3.75. The van der Waals surface area contributed by atoms with Gasteiger partial charge in [-0.2, -0.15) is 0 Å². The van der Waals surface area contributed by atoms with E-state index >= 15 is 0 Å². The molecule has 2 aromatic heterocycles. The Balaban J connectivity index is 0.00000249. The summed E-state index contributed by atoms with van der Waals surface area (Å²) >= 11 is 0. The van der Waals surface area contributed by atoms with E-state index in [4.69, 9.17) is 21.4 Å². The molecular weight excluding hydrogens is 709 g/mol. The topological polar surface area (TPSA) is 97.6 Å². The van der Waals surface area contributed by atoms with Crippen LogP contribution in [-0.4, -0.2) is 16.5 Å². The van der Waals surface area contributed by atoms with Gasteiger partial charge in [0.15, 0.2) is 0 Å². The molecule has 0 saturated carbocycles. The fraction of sp³-hybridized carbons (Fsp3) is 0.200. The van der Waals surface area contributed by atoms with Crippen molar-refractivity contribution >= 4 is 61.2 Å². The molecule has 0 radical (unpaired) electrons. The Morgan fingerprint density at radius 3 is 1.46 bits per heavy atom. The minimum absolute atomic E-state index is 0. The molecule has 7 nitrogen and oxygen atoms in total. The summed E-state index contributed by atoms with van der Waals surface area (Å²) in [7, 11) is 0. The van der Waals surface area contributed by atoms with E-state index in [0.717, 1.165) is 116 Å². The Morgan fingerprint density at radius 1 is 0.500 bits per heavy atom. The fourth-order valence-corrected chi connectivity index (χ4v) is 7.40. The maximum absolute atomic E-state index is 6.41. The molecule has 54 heavy (non-hydrogen) atoms. The summed E-state index contributed by atoms with van der Waals surface area (Å²) in [4.78, 5) is 10.2. The number of benzene rings is 6. The van der Waals surface area contributed by atoms with Crippen LogP contribution < -0.4 is 50.7 Å². The van der Waals surface area contributed by atoms with Crippen molar-refractivity contribution in [2.45, 2.75) is 53.4 Å². The van der Waals surface area contributed by atoms with Gasteiger partial charge in [-0.15, -0.1) is 9.13 Å². The lowest BCUT2D eigenvalue weighted by atomic mass is 10.0. The van der Waals surface area contributed by atoms with E-state index in [9.17, 15) is 0 Å². The van der Waals surface area contributed by atoms with Crippen molar-refractivity contribution in [3.8, 4) is 11.4 Å². The Kier molecular flexibility index (Phi) is 11.2. The van der Waals surface area contributed by atoms with Gasteiger partial charge in [-0.25, -0.2) is 9.97 Å². The SMILES string of the molecule is Cc1cc2nc3cc(C)c(CCCCCNc4cc5c(cc4C)nc4cc(C)c(N)cc4[n+]5-c4ccccc4)cc3[n+](-c3ccccc3)c2cc1N.[Cl-].[Cl-]. The third-order valence-electron chi connectivity index (χ3n) is 10.4. The Morgan fingerprint density at radius 2 is 0.944 bits per heavy atom. The Hall–Kier alpha value is -5.50. The van der Waals surface area contributed by atoms with Crippen LogP contribution in [0.3, 0.4) is 0 Å². The minimum Gasteiger partial charge on any atom is -1.00 e. The van der Waals surface area contributed by atoms with E-state index in [1.165, 1.54) is 16.7 Å². The molecule has 0 aliphatic rings. The summed E-state index contributed by atoms with van der Waals surface area (Å²) < 4.78 is 4.59. The highest BCUT2D eigenvalue weighted by Gasteiger charge is 2.23. The second-order valence-corrected chi connectivity index (χ2v) is 14.1. The van der Waals surface area contributed by atoms with Crippen LogP contribution in [-0.2, 0) is 6.42 Å². The van der Waals surface area contributed by atoms with Gasteiger partial charge in [0.25, 0.3) is 0 Å². The normalized spacial score (nSPS) is 11.2. The maximum atomic E-state index is 6.41. The molecule has 0 unspecified atom stereocenters. The summed E-state index contributed by atoms with van der Waals surface area (Å²) in [5.74, 6) is 0. The van der Waals surface area contributed by atoms with Crippen molar-refractivity contribution in [2.24, 2.45) is 0 Å². The summed E-state index contributed by atoms with van der Waals surface area (Å²) in [5.41, 5.74) is 31.6. The van der Waals surface area contributed by atoms with E-state index in [1.54, 1.807) is 0 Å². The molecule has 0 bridgehead atoms. The molecular formula is C45H45Cl2N7. The van der Waals surface area contributed by atoms with E-state index in [2.05, 4.69) is 125 Å². The summed E-state index contributed by atoms with van der Waals surface area (Å²) in [6, 6.07) is 38.3. The predicted octanol–water partition coefficient (Wildman–Crippen LogP) is 2.87. The van der Waals surface area contributed by atoms with Gasteiger partial charge >= 0.3 is 0 Å². The second kappa shape index (κ2) is 15.8. The zero-order valence-electron chi connectivity index (χ0n) is 31.1. The molecule has 0 aliphatic heterocycles. The quantitative estimate of drug-likeness (QED) is 0.0913. The number of rotatable bonds is 9. The van der Waals surface area contributed by atoms with Crippen molar-refractivity contribution in [2.75, 3.05) is 23.3 Å². The number of nitrogens with two attached hydrogens (primary N) is 2. The van der Waals surface area contributed by atoms with E-state index < -0.39 is 0 Å². The number of fused-ring (bicyclic) bond motifs is 4. The largest absolute Gasteiger partial charge is 1.00 e. The molecule has 0 saturated heterocycles. The number of nitrogen functional groups attached to an aromatic ring is 2. The van der Waals surface area contributed by atoms with Gasteiger partial charge in [-0.05, 0) is 99.0 Å². The third kappa shape index (κ3) is 7.22. The van der Waals surface area contributed by atoms with Crippen molar-refractivity contribution < 1.29 is 33.9 Å². The van der Waals surface area contributed by atoms with Crippen molar-refractivity contribution in [1.82, 2.24) is 9.97 Å². The maximum Gasteiger partial charge on any atom is 0.239 e. The first kappa shape index (κ1) is 38.2. The molecule has 0 atom stereocenters. The molecule has 0 aliphatic carbocycles. The van der Waals surface area contributed by atoms with Crippen LogP contribution >= 0.6 is 0 Å². The zero-order valence-corrected chi connectivity index (χ0v) is 32.6. The lowest BCUT2D eigenvalue weighted by Gasteiger charge is -2.13. The molecule has 2 heterocycles. The number of aromatic nitrogens is 4. The van der Waals surface area contributed by atoms with Gasteiger partial charge in [-0.3, -0.25) is 0 Å². The number of para-hydroxylation sites is 2. The molecule has 274 valence electrons. The smallest absolute Gasteiger partial charge is 0.239 e. The first-order valence-corrected chi connectivity index (χ1v) is 18.2. The van der Waals surface area contributed by atoms with Crippen molar-refractivity contribution in [3.05, 3.63) is 137 Å². The van der Waals surface area contributed by atoms with Crippen LogP contribution in [0.4, 0.5) is 17.1 Å². The number of nitrogens with zero attached hydrogens (tertiary/aromatic N) is 4. The van der Waals surface area contributed by atoms with Crippen LogP contribution in [0.2, 0.25) is 0 Å². The van der Waals surface area contributed by atoms with E-state index in [-0.39, 0.29) is 24.8 Å². The van der Waals surface area contributed by atoms with Crippen LogP contribution in [0.1, 0.15) is 47.1 Å². The van der Waals surface area contributed by atoms with Gasteiger partial charge in [0.05, 0.1) is 0 Å². The zero-order chi connectivity index (χ0) is 35.9. The molecule has 8 rings (SSSR count). The van der Waals surface area contributed by atoms with E-state index in [0.29, 0.717) is 0 Å². The number of hydrogen-bond acceptors (Lipinski definition) is 5. The molecule has 5 N–H and O–H groups in total. The summed E-state index contributed by atoms with van der Waals surface area (Å²) in [6.45, 7) is 9.34. The average Bonchev–Trinajstić information content (AvgIpc) is 3.14. The van der Waals surface area contributed by atoms with Gasteiger partial charge in [0, 0.05) is 72.1 Å². The van der Waals surface area contributed by atoms with Crippen molar-refractivity contribution in [1.29, 1.82) is 0 Å². The first-order chi connectivity index (χ1) is 25.2. The minimum atomic E-state index is 0. The highest BCUT2D eigenvalue weighted by Crippen LogP contribution is 2.28. The number of hydrogen-bond donors (Lipinski definition) is 3. The van der Waals surface area contributed by atoms with Gasteiger partial charge in [-0.1, -0.05) is 42.8 Å². The van der Waals surface area contributed by atoms with Crippen LogP contribution in [0.15, 0.2) is 109 Å². The van der Waals surface area contributed by atoms with Gasteiger partial charge in [0.2, 0.25) is 33.4 Å². The molecule has 9 heteroatoms. The number of aryl methyl sites for hydroxylation is 5. The lowest BCUT2D eigenvalue weighted by molar-refractivity contribution is -0.538. The predicted molar refractivity (Wildman–Crippen MR) is 215 cm³/mol. The third-order valence-corrected chi connectivity index (χ3v) is 10.4. The number of nitrogens with one attached hydrogen (secondary N) is 1.